The maximum Gasteiger partial charge on any atom is 0.319 e. The number of pyridine rings is 1. The summed E-state index contributed by atoms with van der Waals surface area (Å²) in [6, 6.07) is 8.92. The van der Waals surface area contributed by atoms with Gasteiger partial charge in [0.1, 0.15) is 0 Å². The van der Waals surface area contributed by atoms with Crippen molar-refractivity contribution in [2.45, 2.75) is 19.9 Å². The zero-order valence-corrected chi connectivity index (χ0v) is 11.8. The second kappa shape index (κ2) is 5.01. The Morgan fingerprint density at radius 2 is 2.05 bits per heavy atom. The van der Waals surface area contributed by atoms with Gasteiger partial charge in [-0.3, -0.25) is 9.78 Å². The number of fused-ring (bicyclic) bond motifs is 1. The summed E-state index contributed by atoms with van der Waals surface area (Å²) in [5, 5.41) is 6.40. The van der Waals surface area contributed by atoms with Crippen LogP contribution in [-0.4, -0.2) is 16.8 Å². The van der Waals surface area contributed by atoms with Crippen LogP contribution in [-0.2, 0) is 4.79 Å². The van der Waals surface area contributed by atoms with E-state index < -0.39 is 6.04 Å². The molecular formula is C16H15N3O2. The van der Waals surface area contributed by atoms with E-state index in [2.05, 4.69) is 15.6 Å². The van der Waals surface area contributed by atoms with Gasteiger partial charge in [-0.2, -0.15) is 0 Å². The molecule has 5 heteroatoms. The molecule has 0 radical (unpaired) electrons. The van der Waals surface area contributed by atoms with Crippen LogP contribution >= 0.6 is 0 Å². The number of Topliss-reactive ketones (excluding diaryl/α,β-unsaturated/α-hetero) is 1. The summed E-state index contributed by atoms with van der Waals surface area (Å²) >= 11 is 0. The van der Waals surface area contributed by atoms with Crippen LogP contribution < -0.4 is 10.6 Å². The Bertz CT molecular complexity index is 780. The number of hydrogen-bond donors (Lipinski definition) is 2. The standard InChI is InChI=1S/C16H15N3O2/c1-9-14(10(2)20)15(19-16(21)18-9)12-7-11-5-3-4-6-13(11)17-8-12/h3-8,15H,1-2H3,(H2,18,19,21). The van der Waals surface area contributed by atoms with E-state index in [1.165, 1.54) is 6.92 Å². The lowest BCUT2D eigenvalue weighted by molar-refractivity contribution is -0.114. The number of aromatic nitrogens is 1. The van der Waals surface area contributed by atoms with Gasteiger partial charge in [-0.15, -0.1) is 0 Å². The van der Waals surface area contributed by atoms with Crippen LogP contribution in [0, 0.1) is 0 Å². The van der Waals surface area contributed by atoms with E-state index in [9.17, 15) is 9.59 Å². The minimum absolute atomic E-state index is 0.0711. The molecule has 1 aromatic carbocycles. The Labute approximate surface area is 122 Å². The molecule has 2 amide bonds. The number of carbonyl (C=O) groups is 2. The van der Waals surface area contributed by atoms with E-state index in [1.54, 1.807) is 13.1 Å². The molecule has 3 rings (SSSR count). The third kappa shape index (κ3) is 2.38. The van der Waals surface area contributed by atoms with Gasteiger partial charge in [0.05, 0.1) is 11.6 Å². The van der Waals surface area contributed by atoms with Gasteiger partial charge in [-0.1, -0.05) is 18.2 Å². The molecule has 5 nitrogen and oxygen atoms in total. The zero-order chi connectivity index (χ0) is 15.0. The summed E-state index contributed by atoms with van der Waals surface area (Å²) in [6.45, 7) is 3.23. The molecule has 1 unspecified atom stereocenters. The van der Waals surface area contributed by atoms with Crippen molar-refractivity contribution in [2.24, 2.45) is 0 Å². The van der Waals surface area contributed by atoms with Gasteiger partial charge in [0, 0.05) is 22.9 Å². The Kier molecular flexibility index (Phi) is 3.17. The van der Waals surface area contributed by atoms with Gasteiger partial charge in [0.25, 0.3) is 0 Å². The van der Waals surface area contributed by atoms with Gasteiger partial charge >= 0.3 is 6.03 Å². The van der Waals surface area contributed by atoms with Gasteiger partial charge in [0.2, 0.25) is 0 Å². The van der Waals surface area contributed by atoms with E-state index >= 15 is 0 Å². The Balaban J connectivity index is 2.13. The van der Waals surface area contributed by atoms with E-state index in [4.69, 9.17) is 0 Å². The lowest BCUT2D eigenvalue weighted by Gasteiger charge is -2.27. The van der Waals surface area contributed by atoms with Gasteiger partial charge in [-0.05, 0) is 31.5 Å². The number of ketones is 1. The zero-order valence-electron chi connectivity index (χ0n) is 11.8. The monoisotopic (exact) mass is 281 g/mol. The largest absolute Gasteiger partial charge is 0.327 e. The van der Waals surface area contributed by atoms with Crippen LogP contribution in [0.2, 0.25) is 0 Å². The number of amides is 2. The van der Waals surface area contributed by atoms with Crippen LogP contribution in [0.25, 0.3) is 10.9 Å². The second-order valence-corrected chi connectivity index (χ2v) is 5.09. The fourth-order valence-electron chi connectivity index (χ4n) is 2.66. The summed E-state index contributed by atoms with van der Waals surface area (Å²) in [6.07, 6.45) is 1.70. The van der Waals surface area contributed by atoms with Crippen molar-refractivity contribution in [3.8, 4) is 0 Å². The van der Waals surface area contributed by atoms with E-state index in [-0.39, 0.29) is 11.8 Å². The normalized spacial score (nSPS) is 18.4. The number of carbonyl (C=O) groups excluding carboxylic acids is 2. The van der Waals surface area contributed by atoms with Crippen molar-refractivity contribution in [1.82, 2.24) is 15.6 Å². The quantitative estimate of drug-likeness (QED) is 0.888. The molecule has 2 aromatic rings. The van der Waals surface area contributed by atoms with Gasteiger partial charge < -0.3 is 10.6 Å². The van der Waals surface area contributed by atoms with Crippen LogP contribution in [0.4, 0.5) is 4.79 Å². The molecule has 0 fully saturated rings. The molecule has 1 aliphatic heterocycles. The molecule has 1 atom stereocenters. The highest BCUT2D eigenvalue weighted by Crippen LogP contribution is 2.28. The highest BCUT2D eigenvalue weighted by Gasteiger charge is 2.29. The molecule has 1 aromatic heterocycles. The number of hydrogen-bond acceptors (Lipinski definition) is 3. The Morgan fingerprint density at radius 3 is 2.81 bits per heavy atom. The maximum absolute atomic E-state index is 11.9. The van der Waals surface area contributed by atoms with Crippen molar-refractivity contribution in [3.05, 3.63) is 53.4 Å². The molecular weight excluding hydrogens is 266 g/mol. The second-order valence-electron chi connectivity index (χ2n) is 5.09. The highest BCUT2D eigenvalue weighted by molar-refractivity contribution is 5.98. The molecule has 21 heavy (non-hydrogen) atoms. The first kappa shape index (κ1) is 13.3. The van der Waals surface area contributed by atoms with Gasteiger partial charge in [0.15, 0.2) is 5.78 Å². The topological polar surface area (TPSA) is 71.1 Å². The van der Waals surface area contributed by atoms with Crippen molar-refractivity contribution in [1.29, 1.82) is 0 Å². The van der Waals surface area contributed by atoms with Crippen molar-refractivity contribution in [2.75, 3.05) is 0 Å². The number of benzene rings is 1. The SMILES string of the molecule is CC(=O)C1=C(C)NC(=O)NC1c1cnc2ccccc2c1. The summed E-state index contributed by atoms with van der Waals surface area (Å²) < 4.78 is 0. The summed E-state index contributed by atoms with van der Waals surface area (Å²) in [7, 11) is 0. The number of allylic oxidation sites excluding steroid dienone is 1. The fraction of sp³-hybridized carbons (Fsp3) is 0.188. The lowest BCUT2D eigenvalue weighted by atomic mass is 9.93. The molecule has 106 valence electrons. The van der Waals surface area contributed by atoms with Crippen LogP contribution in [0.1, 0.15) is 25.5 Å². The van der Waals surface area contributed by atoms with Crippen LogP contribution in [0.15, 0.2) is 47.8 Å². The molecule has 0 aliphatic carbocycles. The first-order valence-electron chi connectivity index (χ1n) is 6.70. The van der Waals surface area contributed by atoms with E-state index in [1.807, 2.05) is 30.3 Å². The first-order valence-corrected chi connectivity index (χ1v) is 6.70. The van der Waals surface area contributed by atoms with Crippen LogP contribution in [0.5, 0.6) is 0 Å². The Morgan fingerprint density at radius 1 is 1.29 bits per heavy atom. The molecule has 2 N–H and O–H groups in total. The molecule has 2 heterocycles. The maximum atomic E-state index is 11.9. The summed E-state index contributed by atoms with van der Waals surface area (Å²) in [5.41, 5.74) is 2.83. The Hall–Kier alpha value is -2.69. The average Bonchev–Trinajstić information content (AvgIpc) is 2.45. The van der Waals surface area contributed by atoms with Gasteiger partial charge in [-0.25, -0.2) is 4.79 Å². The smallest absolute Gasteiger partial charge is 0.319 e. The van der Waals surface area contributed by atoms with Crippen LogP contribution in [0.3, 0.4) is 0 Å². The molecule has 0 spiro atoms. The number of para-hydroxylation sites is 1. The summed E-state index contributed by atoms with van der Waals surface area (Å²) in [4.78, 5) is 28.0. The number of urea groups is 1. The third-order valence-corrected chi connectivity index (χ3v) is 3.59. The minimum Gasteiger partial charge on any atom is -0.327 e. The fourth-order valence-corrected chi connectivity index (χ4v) is 2.66. The lowest BCUT2D eigenvalue weighted by Crippen LogP contribution is -2.44. The predicted molar refractivity (Wildman–Crippen MR) is 79.5 cm³/mol. The van der Waals surface area contributed by atoms with E-state index in [0.29, 0.717) is 11.3 Å². The number of nitrogens with one attached hydrogen (secondary N) is 2. The average molecular weight is 281 g/mol. The van der Waals surface area contributed by atoms with Crippen molar-refractivity contribution < 1.29 is 9.59 Å². The number of rotatable bonds is 2. The van der Waals surface area contributed by atoms with E-state index in [0.717, 1.165) is 16.5 Å². The minimum atomic E-state index is -0.464. The number of nitrogens with zero attached hydrogens (tertiary/aromatic N) is 1. The van der Waals surface area contributed by atoms with Crippen molar-refractivity contribution in [3.63, 3.8) is 0 Å². The predicted octanol–water partition coefficient (Wildman–Crippen LogP) is 2.45. The first-order chi connectivity index (χ1) is 10.1. The summed E-state index contributed by atoms with van der Waals surface area (Å²) in [5.74, 6) is -0.0711. The van der Waals surface area contributed by atoms with Crippen molar-refractivity contribution >= 4 is 22.7 Å². The molecule has 1 aliphatic rings. The third-order valence-electron chi connectivity index (χ3n) is 3.59. The molecule has 0 saturated heterocycles. The molecule has 0 saturated carbocycles. The highest BCUT2D eigenvalue weighted by atomic mass is 16.2. The molecule has 0 bridgehead atoms.